The first-order chi connectivity index (χ1) is 11.1. The molecule has 0 aliphatic carbocycles. The third-order valence-corrected chi connectivity index (χ3v) is 6.47. The lowest BCUT2D eigenvalue weighted by Crippen LogP contribution is -2.18. The molecule has 0 saturated carbocycles. The molecule has 5 heteroatoms. The Kier molecular flexibility index (Phi) is 5.78. The summed E-state index contributed by atoms with van der Waals surface area (Å²) < 4.78 is 24.0. The molecule has 2 aromatic rings. The molecule has 0 saturated heterocycles. The molecule has 0 aliphatic heterocycles. The third kappa shape index (κ3) is 3.72. The summed E-state index contributed by atoms with van der Waals surface area (Å²) >= 11 is 0. The lowest BCUT2D eigenvalue weighted by molar-refractivity contribution is -0.139. The van der Waals surface area contributed by atoms with Gasteiger partial charge in [-0.15, -0.1) is 0 Å². The van der Waals surface area contributed by atoms with E-state index >= 15 is 0 Å². The van der Waals surface area contributed by atoms with Gasteiger partial charge in [0.15, 0.2) is 5.50 Å². The highest BCUT2D eigenvalue weighted by atomic mass is 31.2. The predicted molar refractivity (Wildman–Crippen MR) is 91.5 cm³/mol. The number of methoxy groups -OCH3 is 2. The van der Waals surface area contributed by atoms with Crippen molar-refractivity contribution in [1.82, 2.24) is 0 Å². The normalized spacial score (nSPS) is 11.8. The van der Waals surface area contributed by atoms with E-state index in [2.05, 4.69) is 4.74 Å². The zero-order chi connectivity index (χ0) is 16.7. The molecular formula is C18H19O4P. The van der Waals surface area contributed by atoms with E-state index in [4.69, 9.17) is 4.74 Å². The summed E-state index contributed by atoms with van der Waals surface area (Å²) in [7, 11) is -0.394. The van der Waals surface area contributed by atoms with Gasteiger partial charge in [0.25, 0.3) is 0 Å². The Hall–Kier alpha value is -2.32. The fourth-order valence-electron chi connectivity index (χ4n) is 2.27. The molecule has 120 valence electrons. The Bertz CT molecular complexity index is 680. The zero-order valence-electron chi connectivity index (χ0n) is 13.1. The number of carbonyl (C=O) groups is 1. The van der Waals surface area contributed by atoms with Crippen LogP contribution in [0.4, 0.5) is 0 Å². The van der Waals surface area contributed by atoms with Crippen LogP contribution in [0.2, 0.25) is 0 Å². The number of esters is 1. The first-order valence-corrected chi connectivity index (χ1v) is 8.86. The van der Waals surface area contributed by atoms with Crippen LogP contribution in [0.3, 0.4) is 0 Å². The summed E-state index contributed by atoms with van der Waals surface area (Å²) in [6.45, 7) is 0. The van der Waals surface area contributed by atoms with Crippen molar-refractivity contribution in [3.05, 3.63) is 72.2 Å². The molecule has 0 N–H and O–H groups in total. The summed E-state index contributed by atoms with van der Waals surface area (Å²) in [5.74, 6) is -0.410. The maximum Gasteiger partial charge on any atom is 0.309 e. The highest BCUT2D eigenvalue weighted by molar-refractivity contribution is 7.82. The van der Waals surface area contributed by atoms with Gasteiger partial charge < -0.3 is 14.0 Å². The Morgan fingerprint density at radius 1 is 0.913 bits per heavy atom. The maximum absolute atomic E-state index is 13.9. The van der Waals surface area contributed by atoms with E-state index in [0.717, 1.165) is 0 Å². The molecular weight excluding hydrogens is 311 g/mol. The lowest BCUT2D eigenvalue weighted by atomic mass is 10.4. The number of rotatable bonds is 6. The molecule has 4 nitrogen and oxygen atoms in total. The maximum atomic E-state index is 13.9. The minimum atomic E-state index is -3.17. The Labute approximate surface area is 136 Å². The van der Waals surface area contributed by atoms with Gasteiger partial charge in [0.05, 0.1) is 20.6 Å². The summed E-state index contributed by atoms with van der Waals surface area (Å²) in [6.07, 6.45) is 1.54. The van der Waals surface area contributed by atoms with Crippen molar-refractivity contribution in [2.75, 3.05) is 14.2 Å². The van der Waals surface area contributed by atoms with Gasteiger partial charge in [0, 0.05) is 10.6 Å². The molecule has 0 atom stereocenters. The first-order valence-electron chi connectivity index (χ1n) is 7.15. The van der Waals surface area contributed by atoms with Gasteiger partial charge in [0.2, 0.25) is 7.14 Å². The van der Waals surface area contributed by atoms with Crippen LogP contribution in [0, 0.1) is 0 Å². The van der Waals surface area contributed by atoms with Gasteiger partial charge in [-0.2, -0.15) is 0 Å². The number of hydrogen-bond acceptors (Lipinski definition) is 4. The Balaban J connectivity index is 2.58. The summed E-state index contributed by atoms with van der Waals surface area (Å²) in [5, 5.41) is 1.31. The quantitative estimate of drug-likeness (QED) is 0.464. The SMILES string of the molecule is COC(=O)C/C=C(\OC)P(=O)(c1ccccc1)c1ccccc1. The van der Waals surface area contributed by atoms with Gasteiger partial charge in [-0.25, -0.2) is 0 Å². The molecule has 0 radical (unpaired) electrons. The highest BCUT2D eigenvalue weighted by Gasteiger charge is 2.33. The molecule has 0 aliphatic rings. The van der Waals surface area contributed by atoms with Gasteiger partial charge in [0.1, 0.15) is 0 Å². The van der Waals surface area contributed by atoms with Crippen LogP contribution in [0.15, 0.2) is 72.2 Å². The average molecular weight is 330 g/mol. The molecule has 0 unspecified atom stereocenters. The molecule has 0 heterocycles. The second-order valence-electron chi connectivity index (χ2n) is 4.81. The van der Waals surface area contributed by atoms with Crippen molar-refractivity contribution >= 4 is 23.7 Å². The van der Waals surface area contributed by atoms with E-state index < -0.39 is 13.1 Å². The summed E-state index contributed by atoms with van der Waals surface area (Å²) in [5.41, 5.74) is 0.278. The van der Waals surface area contributed by atoms with Crippen LogP contribution in [0.5, 0.6) is 0 Å². The van der Waals surface area contributed by atoms with Gasteiger partial charge >= 0.3 is 5.97 Å². The number of hydrogen-bond donors (Lipinski definition) is 0. The van der Waals surface area contributed by atoms with Crippen LogP contribution in [0.25, 0.3) is 0 Å². The van der Waals surface area contributed by atoms with Gasteiger partial charge in [-0.3, -0.25) is 4.79 Å². The summed E-state index contributed by atoms with van der Waals surface area (Å²) in [4.78, 5) is 11.4. The Morgan fingerprint density at radius 2 is 1.39 bits per heavy atom. The largest absolute Gasteiger partial charge is 0.493 e. The van der Waals surface area contributed by atoms with Crippen molar-refractivity contribution in [2.45, 2.75) is 6.42 Å². The van der Waals surface area contributed by atoms with Crippen LogP contribution in [-0.4, -0.2) is 20.2 Å². The van der Waals surface area contributed by atoms with Crippen LogP contribution in [0.1, 0.15) is 6.42 Å². The molecule has 0 bridgehead atoms. The molecule has 0 aromatic heterocycles. The van der Waals surface area contributed by atoms with E-state index in [1.54, 1.807) is 24.3 Å². The fraction of sp³-hybridized carbons (Fsp3) is 0.167. The smallest absolute Gasteiger partial charge is 0.309 e. The topological polar surface area (TPSA) is 52.6 Å². The van der Waals surface area contributed by atoms with E-state index in [9.17, 15) is 9.36 Å². The average Bonchev–Trinajstić information content (AvgIpc) is 2.63. The van der Waals surface area contributed by atoms with Crippen molar-refractivity contribution in [1.29, 1.82) is 0 Å². The molecule has 0 fully saturated rings. The van der Waals surface area contributed by atoms with Crippen LogP contribution >= 0.6 is 7.14 Å². The second-order valence-corrected chi connectivity index (χ2v) is 7.50. The third-order valence-electron chi connectivity index (χ3n) is 3.43. The fourth-order valence-corrected chi connectivity index (χ4v) is 4.87. The predicted octanol–water partition coefficient (Wildman–Crippen LogP) is 3.05. The number of benzene rings is 2. The molecule has 0 spiro atoms. The zero-order valence-corrected chi connectivity index (χ0v) is 14.0. The van der Waals surface area contributed by atoms with Crippen molar-refractivity contribution in [2.24, 2.45) is 0 Å². The highest BCUT2D eigenvalue weighted by Crippen LogP contribution is 2.52. The monoisotopic (exact) mass is 330 g/mol. The van der Waals surface area contributed by atoms with Crippen molar-refractivity contribution < 1.29 is 18.8 Å². The second kappa shape index (κ2) is 7.80. The van der Waals surface area contributed by atoms with Gasteiger partial charge in [-0.05, 0) is 6.08 Å². The molecule has 0 amide bonds. The molecule has 2 aromatic carbocycles. The van der Waals surface area contributed by atoms with Crippen LogP contribution in [-0.2, 0) is 18.8 Å². The first kappa shape index (κ1) is 17.0. The van der Waals surface area contributed by atoms with E-state index in [-0.39, 0.29) is 11.9 Å². The standard InChI is InChI=1S/C18H19O4P/c1-21-17(19)13-14-18(22-2)23(20,15-9-5-3-6-10-15)16-11-7-4-8-12-16/h3-12,14H,13H2,1-2H3/b18-14+. The summed E-state index contributed by atoms with van der Waals surface area (Å²) in [6, 6.07) is 18.3. The Morgan fingerprint density at radius 3 is 1.78 bits per heavy atom. The van der Waals surface area contributed by atoms with E-state index in [1.165, 1.54) is 20.3 Å². The van der Waals surface area contributed by atoms with Crippen LogP contribution < -0.4 is 10.6 Å². The van der Waals surface area contributed by atoms with Gasteiger partial charge in [-0.1, -0.05) is 60.7 Å². The number of ether oxygens (including phenoxy) is 2. The van der Waals surface area contributed by atoms with Crippen molar-refractivity contribution in [3.63, 3.8) is 0 Å². The molecule has 23 heavy (non-hydrogen) atoms. The molecule has 2 rings (SSSR count). The van der Waals surface area contributed by atoms with E-state index in [1.807, 2.05) is 36.4 Å². The van der Waals surface area contributed by atoms with E-state index in [0.29, 0.717) is 10.6 Å². The lowest BCUT2D eigenvalue weighted by Gasteiger charge is -2.21. The minimum absolute atomic E-state index is 0.00330. The van der Waals surface area contributed by atoms with Crippen molar-refractivity contribution in [3.8, 4) is 0 Å². The minimum Gasteiger partial charge on any atom is -0.493 e. The number of carbonyl (C=O) groups excluding carboxylic acids is 1.